The van der Waals surface area contributed by atoms with Gasteiger partial charge in [0.15, 0.2) is 5.78 Å². The van der Waals surface area contributed by atoms with Crippen molar-refractivity contribution in [1.82, 2.24) is 0 Å². The first-order chi connectivity index (χ1) is 10.0. The lowest BCUT2D eigenvalue weighted by Gasteiger charge is -2.25. The Morgan fingerprint density at radius 1 is 1.48 bits per heavy atom. The highest BCUT2D eigenvalue weighted by molar-refractivity contribution is 7.99. The van der Waals surface area contributed by atoms with E-state index in [2.05, 4.69) is 6.26 Å². The van der Waals surface area contributed by atoms with Gasteiger partial charge in [-0.15, -0.1) is 0 Å². The molecule has 3 nitrogen and oxygen atoms in total. The predicted molar refractivity (Wildman–Crippen MR) is 91.6 cm³/mol. The second-order valence-corrected chi connectivity index (χ2v) is 6.66. The average molecular weight is 323 g/mol. The normalized spacial score (nSPS) is 23.2. The van der Waals surface area contributed by atoms with Crippen LogP contribution in [0.15, 0.2) is 40.5 Å². The summed E-state index contributed by atoms with van der Waals surface area (Å²) in [6, 6.07) is 7.41. The number of benzene rings is 1. The molecule has 0 heterocycles. The van der Waals surface area contributed by atoms with Gasteiger partial charge in [0.1, 0.15) is 0 Å². The molecule has 0 saturated heterocycles. The van der Waals surface area contributed by atoms with Crippen LogP contribution in [0.1, 0.15) is 26.2 Å². The molecule has 0 radical (unpaired) electrons. The van der Waals surface area contributed by atoms with Gasteiger partial charge in [-0.3, -0.25) is 9.79 Å². The fourth-order valence-electron chi connectivity index (χ4n) is 2.41. The lowest BCUT2D eigenvalue weighted by Crippen LogP contribution is -2.24. The van der Waals surface area contributed by atoms with Crippen LogP contribution in [0.2, 0.25) is 5.02 Å². The maximum absolute atomic E-state index is 11.6. The largest absolute Gasteiger partial charge is 0.396 e. The summed E-state index contributed by atoms with van der Waals surface area (Å²) in [5.74, 6) is -0.0913. The summed E-state index contributed by atoms with van der Waals surface area (Å²) in [5, 5.41) is 1.17. The highest BCUT2D eigenvalue weighted by Gasteiger charge is 2.24. The summed E-state index contributed by atoms with van der Waals surface area (Å²) in [4.78, 5) is 16.3. The maximum atomic E-state index is 11.6. The maximum Gasteiger partial charge on any atom is 0.175 e. The van der Waals surface area contributed by atoms with Crippen LogP contribution in [-0.2, 0) is 4.79 Å². The van der Waals surface area contributed by atoms with E-state index in [0.717, 1.165) is 36.2 Å². The summed E-state index contributed by atoms with van der Waals surface area (Å²) in [7, 11) is 0. The van der Waals surface area contributed by atoms with Gasteiger partial charge in [0.05, 0.1) is 11.4 Å². The van der Waals surface area contributed by atoms with E-state index in [1.165, 1.54) is 6.92 Å². The van der Waals surface area contributed by atoms with Crippen molar-refractivity contribution in [2.24, 2.45) is 10.7 Å². The van der Waals surface area contributed by atoms with Gasteiger partial charge in [-0.2, -0.15) is 11.8 Å². The molecule has 1 atom stereocenters. The molecule has 2 N–H and O–H groups in total. The van der Waals surface area contributed by atoms with Crippen molar-refractivity contribution in [3.8, 4) is 0 Å². The van der Waals surface area contributed by atoms with Gasteiger partial charge in [0.2, 0.25) is 0 Å². The third-order valence-electron chi connectivity index (χ3n) is 3.60. The molecule has 1 unspecified atom stereocenters. The molecule has 1 saturated carbocycles. The van der Waals surface area contributed by atoms with Crippen molar-refractivity contribution in [3.63, 3.8) is 0 Å². The minimum atomic E-state index is -0.0913. The number of thioether (sulfide) groups is 1. The molecule has 21 heavy (non-hydrogen) atoms. The number of halogens is 1. The number of carbonyl (C=O) groups is 1. The number of aliphatic imine (C=N–C) groups is 1. The van der Waals surface area contributed by atoms with E-state index in [1.54, 1.807) is 0 Å². The number of allylic oxidation sites excluding steroid dienone is 2. The zero-order chi connectivity index (χ0) is 15.4. The molecule has 2 rings (SSSR count). The molecule has 0 bridgehead atoms. The van der Waals surface area contributed by atoms with Gasteiger partial charge >= 0.3 is 0 Å². The SMILES string of the molecule is CSC1CC/C(=C(/N)C(C)=O)C(=Nc2cccc(Cl)c2)C1. The van der Waals surface area contributed by atoms with Crippen LogP contribution in [0.3, 0.4) is 0 Å². The predicted octanol–water partition coefficient (Wildman–Crippen LogP) is 4.13. The number of hydrogen-bond acceptors (Lipinski definition) is 4. The van der Waals surface area contributed by atoms with Crippen molar-refractivity contribution in [2.45, 2.75) is 31.4 Å². The van der Waals surface area contributed by atoms with Crippen LogP contribution in [0.25, 0.3) is 0 Å². The van der Waals surface area contributed by atoms with Crippen LogP contribution in [-0.4, -0.2) is 23.0 Å². The third-order valence-corrected chi connectivity index (χ3v) is 4.90. The number of nitrogens with two attached hydrogens (primary N) is 1. The monoisotopic (exact) mass is 322 g/mol. The fourth-order valence-corrected chi connectivity index (χ4v) is 3.27. The molecule has 1 fully saturated rings. The first-order valence-electron chi connectivity index (χ1n) is 6.87. The number of carbonyl (C=O) groups excluding carboxylic acids is 1. The van der Waals surface area contributed by atoms with Crippen molar-refractivity contribution in [2.75, 3.05) is 6.26 Å². The van der Waals surface area contributed by atoms with Crippen molar-refractivity contribution in [3.05, 3.63) is 40.6 Å². The van der Waals surface area contributed by atoms with Crippen LogP contribution in [0.4, 0.5) is 5.69 Å². The molecule has 0 aliphatic heterocycles. The Labute approximate surface area is 134 Å². The zero-order valence-electron chi connectivity index (χ0n) is 12.2. The summed E-state index contributed by atoms with van der Waals surface area (Å²) in [6.45, 7) is 1.50. The molecule has 1 aliphatic carbocycles. The number of rotatable bonds is 3. The Morgan fingerprint density at radius 2 is 2.24 bits per heavy atom. The van der Waals surface area contributed by atoms with E-state index in [9.17, 15) is 4.79 Å². The lowest BCUT2D eigenvalue weighted by molar-refractivity contribution is -0.113. The van der Waals surface area contributed by atoms with Gasteiger partial charge in [-0.25, -0.2) is 0 Å². The van der Waals surface area contributed by atoms with Crippen LogP contribution >= 0.6 is 23.4 Å². The topological polar surface area (TPSA) is 55.5 Å². The van der Waals surface area contributed by atoms with Crippen molar-refractivity contribution < 1.29 is 4.79 Å². The first-order valence-corrected chi connectivity index (χ1v) is 8.53. The summed E-state index contributed by atoms with van der Waals surface area (Å²) >= 11 is 7.83. The quantitative estimate of drug-likeness (QED) is 0.851. The van der Waals surface area contributed by atoms with Crippen molar-refractivity contribution in [1.29, 1.82) is 0 Å². The third kappa shape index (κ3) is 4.11. The second-order valence-electron chi connectivity index (χ2n) is 5.09. The zero-order valence-corrected chi connectivity index (χ0v) is 13.8. The highest BCUT2D eigenvalue weighted by atomic mass is 35.5. The molecule has 1 aliphatic rings. The van der Waals surface area contributed by atoms with Crippen LogP contribution < -0.4 is 5.73 Å². The summed E-state index contributed by atoms with van der Waals surface area (Å²) in [5.41, 5.74) is 8.92. The van der Waals surface area contributed by atoms with Crippen molar-refractivity contribution >= 4 is 40.5 Å². The van der Waals surface area contributed by atoms with Gasteiger partial charge in [0.25, 0.3) is 0 Å². The Bertz CT molecular complexity index is 610. The van der Waals surface area contributed by atoms with Crippen LogP contribution in [0.5, 0.6) is 0 Å². The molecule has 1 aromatic rings. The Balaban J connectivity index is 2.42. The first kappa shape index (κ1) is 16.1. The summed E-state index contributed by atoms with van der Waals surface area (Å²) < 4.78 is 0. The van der Waals surface area contributed by atoms with Gasteiger partial charge < -0.3 is 5.73 Å². The molecule has 112 valence electrons. The van der Waals surface area contributed by atoms with E-state index in [0.29, 0.717) is 16.0 Å². The minimum Gasteiger partial charge on any atom is -0.396 e. The number of nitrogens with zero attached hydrogens (tertiary/aromatic N) is 1. The average Bonchev–Trinajstić information content (AvgIpc) is 2.46. The number of hydrogen-bond donors (Lipinski definition) is 1. The number of ketones is 1. The van der Waals surface area contributed by atoms with E-state index >= 15 is 0 Å². The van der Waals surface area contributed by atoms with E-state index in [-0.39, 0.29) is 5.78 Å². The standard InChI is InChI=1S/C16H19ClN2OS/c1-10(20)16(18)14-7-6-13(21-2)9-15(14)19-12-5-3-4-11(17)8-12/h3-5,8,13H,6-7,9,18H2,1-2H3/b16-14-,19-15?. The lowest BCUT2D eigenvalue weighted by atomic mass is 9.90. The molecule has 0 spiro atoms. The Kier molecular flexibility index (Phi) is 5.48. The van der Waals surface area contributed by atoms with Gasteiger partial charge in [0, 0.05) is 34.9 Å². The van der Waals surface area contributed by atoms with Gasteiger partial charge in [-0.1, -0.05) is 17.7 Å². The molecule has 0 amide bonds. The Morgan fingerprint density at radius 3 is 2.86 bits per heavy atom. The molecular weight excluding hydrogens is 304 g/mol. The summed E-state index contributed by atoms with van der Waals surface area (Å²) in [6.07, 6.45) is 4.76. The second kappa shape index (κ2) is 7.14. The molecular formula is C16H19ClN2OS. The van der Waals surface area contributed by atoms with E-state index in [4.69, 9.17) is 22.3 Å². The highest BCUT2D eigenvalue weighted by Crippen LogP contribution is 2.31. The number of Topliss-reactive ketones (excluding diaryl/α,β-unsaturated/α-hetero) is 1. The molecule has 1 aromatic carbocycles. The van der Waals surface area contributed by atoms with Gasteiger partial charge in [-0.05, 0) is 37.3 Å². The van der Waals surface area contributed by atoms with Crippen LogP contribution in [0, 0.1) is 0 Å². The minimum absolute atomic E-state index is 0.0913. The smallest absolute Gasteiger partial charge is 0.175 e. The molecule has 0 aromatic heterocycles. The fraction of sp³-hybridized carbons (Fsp3) is 0.375. The Hall–Kier alpha value is -1.26. The van der Waals surface area contributed by atoms with E-state index < -0.39 is 0 Å². The molecule has 5 heteroatoms. The van der Waals surface area contributed by atoms with E-state index in [1.807, 2.05) is 36.0 Å².